The van der Waals surface area contributed by atoms with Crippen molar-refractivity contribution in [1.82, 2.24) is 9.55 Å². The van der Waals surface area contributed by atoms with E-state index in [0.717, 1.165) is 37.6 Å². The average Bonchev–Trinajstić information content (AvgIpc) is 3.12. The molecule has 188 valence electrons. The van der Waals surface area contributed by atoms with Crippen molar-refractivity contribution in [3.05, 3.63) is 47.4 Å². The van der Waals surface area contributed by atoms with Gasteiger partial charge in [-0.05, 0) is 69.9 Å². The summed E-state index contributed by atoms with van der Waals surface area (Å²) in [5, 5.41) is 0.491. The van der Waals surface area contributed by atoms with Gasteiger partial charge in [0.05, 0.1) is 21.5 Å². The van der Waals surface area contributed by atoms with Crippen LogP contribution < -0.4 is 10.5 Å². The second kappa shape index (κ2) is 9.26. The number of rotatable bonds is 6. The molecule has 1 saturated carbocycles. The van der Waals surface area contributed by atoms with E-state index in [0.29, 0.717) is 28.6 Å². The topological polar surface area (TPSA) is 107 Å². The lowest BCUT2D eigenvalue weighted by atomic mass is 9.94. The minimum atomic E-state index is -3.64. The largest absolute Gasteiger partial charge is 0.366 e. The lowest BCUT2D eigenvalue weighted by molar-refractivity contribution is 0.100. The van der Waals surface area contributed by atoms with Gasteiger partial charge < -0.3 is 10.3 Å². The number of fused-ring (bicyclic) bond motifs is 1. The third-order valence-electron chi connectivity index (χ3n) is 6.82. The van der Waals surface area contributed by atoms with E-state index in [1.165, 1.54) is 12.3 Å². The number of amides is 1. The summed E-state index contributed by atoms with van der Waals surface area (Å²) >= 11 is 0. The number of nitrogens with zero attached hydrogens (tertiary/aromatic N) is 2. The Bertz CT molecular complexity index is 1370. The Morgan fingerprint density at radius 1 is 1.20 bits per heavy atom. The molecular formula is C26H33FN4O3S. The Hall–Kier alpha value is -2.94. The standard InChI is InChI=1S/C26H33FN4O3S/c1-5-16-13-21-19(14-20(16)27)23(25(28)32)24(31(21)18-9-7-6-8-10-18)17-11-12-22(29-15-17)30-35(33,34)26(2,3)4/h11-15,18H,5-10H2,1-4H3,(H2,28,32)(H,29,30). The highest BCUT2D eigenvalue weighted by Crippen LogP contribution is 2.41. The molecule has 0 radical (unpaired) electrons. The monoisotopic (exact) mass is 500 g/mol. The molecule has 2 heterocycles. The summed E-state index contributed by atoms with van der Waals surface area (Å²) in [6.45, 7) is 6.72. The summed E-state index contributed by atoms with van der Waals surface area (Å²) in [5.41, 5.74) is 8.71. The normalized spacial score (nSPS) is 15.5. The van der Waals surface area contributed by atoms with Crippen molar-refractivity contribution in [2.24, 2.45) is 5.73 Å². The maximum absolute atomic E-state index is 14.8. The lowest BCUT2D eigenvalue weighted by Crippen LogP contribution is -2.33. The second-order valence-corrected chi connectivity index (χ2v) is 12.6. The van der Waals surface area contributed by atoms with E-state index in [1.54, 1.807) is 32.9 Å². The number of primary amides is 1. The molecule has 0 bridgehead atoms. The first kappa shape index (κ1) is 25.2. The molecule has 7 nitrogen and oxygen atoms in total. The molecule has 0 aliphatic heterocycles. The molecular weight excluding hydrogens is 467 g/mol. The molecule has 1 aromatic carbocycles. The molecule has 3 aromatic rings. The number of sulfonamides is 1. The number of carbonyl (C=O) groups excluding carboxylic acids is 1. The fourth-order valence-electron chi connectivity index (χ4n) is 4.78. The first-order valence-electron chi connectivity index (χ1n) is 12.1. The smallest absolute Gasteiger partial charge is 0.251 e. The van der Waals surface area contributed by atoms with Crippen molar-refractivity contribution in [2.75, 3.05) is 4.72 Å². The molecule has 0 atom stereocenters. The van der Waals surface area contributed by atoms with Crippen molar-refractivity contribution in [3.8, 4) is 11.3 Å². The van der Waals surface area contributed by atoms with E-state index in [2.05, 4.69) is 14.3 Å². The number of nitrogens with two attached hydrogens (primary N) is 1. The van der Waals surface area contributed by atoms with Crippen LogP contribution in [-0.4, -0.2) is 28.6 Å². The highest BCUT2D eigenvalue weighted by atomic mass is 32.2. The Labute approximate surface area is 206 Å². The molecule has 0 saturated heterocycles. The zero-order valence-corrected chi connectivity index (χ0v) is 21.5. The third-order valence-corrected chi connectivity index (χ3v) is 8.91. The molecule has 4 rings (SSSR count). The first-order chi connectivity index (χ1) is 16.4. The van der Waals surface area contributed by atoms with E-state index in [-0.39, 0.29) is 23.2 Å². The Morgan fingerprint density at radius 3 is 2.43 bits per heavy atom. The van der Waals surface area contributed by atoms with Gasteiger partial charge in [-0.1, -0.05) is 26.2 Å². The van der Waals surface area contributed by atoms with Gasteiger partial charge in [0.2, 0.25) is 10.0 Å². The van der Waals surface area contributed by atoms with Gasteiger partial charge in [-0.3, -0.25) is 9.52 Å². The molecule has 9 heteroatoms. The summed E-state index contributed by atoms with van der Waals surface area (Å²) in [7, 11) is -3.64. The first-order valence-corrected chi connectivity index (χ1v) is 13.6. The molecule has 0 spiro atoms. The van der Waals surface area contributed by atoms with Gasteiger partial charge in [-0.15, -0.1) is 0 Å². The van der Waals surface area contributed by atoms with E-state index in [4.69, 9.17) is 5.73 Å². The van der Waals surface area contributed by atoms with Crippen molar-refractivity contribution < 1.29 is 17.6 Å². The fraction of sp³-hybridized carbons (Fsp3) is 0.462. The van der Waals surface area contributed by atoms with Crippen LogP contribution in [0.5, 0.6) is 0 Å². The summed E-state index contributed by atoms with van der Waals surface area (Å²) in [6, 6.07) is 6.68. The molecule has 0 unspecified atom stereocenters. The van der Waals surface area contributed by atoms with Gasteiger partial charge in [0.1, 0.15) is 11.6 Å². The molecule has 1 aliphatic carbocycles. The highest BCUT2D eigenvalue weighted by molar-refractivity contribution is 7.94. The van der Waals surface area contributed by atoms with Gasteiger partial charge in [0.15, 0.2) is 0 Å². The second-order valence-electron chi connectivity index (χ2n) is 10.2. The molecule has 1 fully saturated rings. The average molecular weight is 501 g/mol. The van der Waals surface area contributed by atoms with E-state index < -0.39 is 20.7 Å². The maximum atomic E-state index is 14.8. The third kappa shape index (κ3) is 4.66. The van der Waals surface area contributed by atoms with Gasteiger partial charge in [0.25, 0.3) is 5.91 Å². The zero-order valence-electron chi connectivity index (χ0n) is 20.7. The van der Waals surface area contributed by atoms with Crippen LogP contribution in [0, 0.1) is 5.82 Å². The maximum Gasteiger partial charge on any atom is 0.251 e. The van der Waals surface area contributed by atoms with Crippen molar-refractivity contribution in [3.63, 3.8) is 0 Å². The Morgan fingerprint density at radius 2 is 1.89 bits per heavy atom. The van der Waals surface area contributed by atoms with Crippen LogP contribution in [0.1, 0.15) is 81.8 Å². The number of anilines is 1. The van der Waals surface area contributed by atoms with Crippen LogP contribution in [0.15, 0.2) is 30.5 Å². The lowest BCUT2D eigenvalue weighted by Gasteiger charge is -2.27. The molecule has 2 aromatic heterocycles. The van der Waals surface area contributed by atoms with Gasteiger partial charge in [-0.2, -0.15) is 0 Å². The molecule has 1 amide bonds. The van der Waals surface area contributed by atoms with Crippen LogP contribution in [0.4, 0.5) is 10.2 Å². The number of aromatic nitrogens is 2. The molecule has 35 heavy (non-hydrogen) atoms. The number of nitrogens with one attached hydrogen (secondary N) is 1. The predicted octanol–water partition coefficient (Wildman–Crippen LogP) is 5.55. The zero-order chi connectivity index (χ0) is 25.5. The summed E-state index contributed by atoms with van der Waals surface area (Å²) in [5.74, 6) is -0.815. The summed E-state index contributed by atoms with van der Waals surface area (Å²) < 4.78 is 43.5. The van der Waals surface area contributed by atoms with Crippen LogP contribution in [-0.2, 0) is 16.4 Å². The molecule has 1 aliphatic rings. The van der Waals surface area contributed by atoms with Crippen molar-refractivity contribution >= 4 is 32.7 Å². The minimum Gasteiger partial charge on any atom is -0.366 e. The Balaban J connectivity index is 1.92. The van der Waals surface area contributed by atoms with Crippen molar-refractivity contribution in [2.45, 2.75) is 77.0 Å². The van der Waals surface area contributed by atoms with E-state index in [1.807, 2.05) is 13.0 Å². The number of carbonyl (C=O) groups is 1. The van der Waals surface area contributed by atoms with Crippen LogP contribution in [0.2, 0.25) is 0 Å². The fourth-order valence-corrected chi connectivity index (χ4v) is 5.48. The highest BCUT2D eigenvalue weighted by Gasteiger charge is 2.30. The molecule has 3 N–H and O–H groups in total. The van der Waals surface area contributed by atoms with Gasteiger partial charge in [0, 0.05) is 23.2 Å². The SMILES string of the molecule is CCc1cc2c(cc1F)c(C(N)=O)c(-c1ccc(NS(=O)(=O)C(C)(C)C)nc1)n2C1CCCCC1. The number of aryl methyl sites for hydroxylation is 1. The number of halogens is 1. The Kier molecular flexibility index (Phi) is 6.66. The van der Waals surface area contributed by atoms with E-state index >= 15 is 0 Å². The van der Waals surface area contributed by atoms with Gasteiger partial charge >= 0.3 is 0 Å². The minimum absolute atomic E-state index is 0.142. The van der Waals surface area contributed by atoms with Crippen molar-refractivity contribution in [1.29, 1.82) is 0 Å². The number of benzene rings is 1. The predicted molar refractivity (Wildman–Crippen MR) is 137 cm³/mol. The van der Waals surface area contributed by atoms with Crippen LogP contribution in [0.25, 0.3) is 22.2 Å². The number of pyridine rings is 1. The van der Waals surface area contributed by atoms with E-state index in [9.17, 15) is 17.6 Å². The number of hydrogen-bond acceptors (Lipinski definition) is 4. The quantitative estimate of drug-likeness (QED) is 0.463. The number of hydrogen-bond donors (Lipinski definition) is 2. The summed E-state index contributed by atoms with van der Waals surface area (Å²) in [4.78, 5) is 17.0. The summed E-state index contributed by atoms with van der Waals surface area (Å²) in [6.07, 6.45) is 7.27. The van der Waals surface area contributed by atoms with Crippen LogP contribution >= 0.6 is 0 Å². The van der Waals surface area contributed by atoms with Gasteiger partial charge in [-0.25, -0.2) is 17.8 Å². The van der Waals surface area contributed by atoms with Crippen LogP contribution in [0.3, 0.4) is 0 Å².